The largest absolute Gasteiger partial charge is 0.395 e. The van der Waals surface area contributed by atoms with Gasteiger partial charge in [0.15, 0.2) is 0 Å². The van der Waals surface area contributed by atoms with Gasteiger partial charge in [-0.25, -0.2) is 4.39 Å². The van der Waals surface area contributed by atoms with Crippen LogP contribution in [-0.4, -0.2) is 17.6 Å². The first-order chi connectivity index (χ1) is 10.2. The van der Waals surface area contributed by atoms with Crippen molar-refractivity contribution in [2.75, 3.05) is 11.9 Å². The molecule has 0 aliphatic heterocycles. The number of rotatable bonds is 3. The first-order valence-corrected chi connectivity index (χ1v) is 6.46. The summed E-state index contributed by atoms with van der Waals surface area (Å²) in [5, 5.41) is 11.4. The van der Waals surface area contributed by atoms with E-state index in [1.54, 1.807) is 24.3 Å². The summed E-state index contributed by atoms with van der Waals surface area (Å²) in [6.45, 7) is 0.0169. The summed E-state index contributed by atoms with van der Waals surface area (Å²) in [5.74, 6) is 4.86. The second-order valence-electron chi connectivity index (χ2n) is 4.32. The molecule has 0 fully saturated rings. The quantitative estimate of drug-likeness (QED) is 0.851. The van der Waals surface area contributed by atoms with E-state index in [9.17, 15) is 9.18 Å². The lowest BCUT2D eigenvalue weighted by atomic mass is 10.1. The minimum Gasteiger partial charge on any atom is -0.395 e. The number of carbonyl (C=O) groups is 1. The number of anilines is 1. The van der Waals surface area contributed by atoms with Crippen LogP contribution in [0.4, 0.5) is 10.1 Å². The zero-order valence-electron chi connectivity index (χ0n) is 11.3. The first kappa shape index (κ1) is 14.8. The van der Waals surface area contributed by atoms with Crippen molar-refractivity contribution in [2.45, 2.75) is 6.42 Å². The Hall–Kier alpha value is -2.64. The Morgan fingerprint density at radius 1 is 1.19 bits per heavy atom. The van der Waals surface area contributed by atoms with Crippen LogP contribution in [0.15, 0.2) is 48.5 Å². The maximum atomic E-state index is 13.1. The van der Waals surface area contributed by atoms with Gasteiger partial charge >= 0.3 is 0 Å². The van der Waals surface area contributed by atoms with Gasteiger partial charge in [0.2, 0.25) is 0 Å². The van der Waals surface area contributed by atoms with E-state index in [1.807, 2.05) is 6.07 Å². The summed E-state index contributed by atoms with van der Waals surface area (Å²) in [4.78, 5) is 12.0. The molecule has 0 aliphatic carbocycles. The zero-order chi connectivity index (χ0) is 15.1. The van der Waals surface area contributed by atoms with Gasteiger partial charge in [-0.05, 0) is 36.4 Å². The molecule has 2 aromatic rings. The maximum Gasteiger partial charge on any atom is 0.255 e. The molecule has 0 bridgehead atoms. The first-order valence-electron chi connectivity index (χ1n) is 6.46. The molecule has 2 N–H and O–H groups in total. The Morgan fingerprint density at radius 2 is 2.00 bits per heavy atom. The lowest BCUT2D eigenvalue weighted by Crippen LogP contribution is -2.12. The fourth-order valence-electron chi connectivity index (χ4n) is 1.73. The molecule has 0 spiro atoms. The zero-order valence-corrected chi connectivity index (χ0v) is 11.3. The summed E-state index contributed by atoms with van der Waals surface area (Å²) < 4.78 is 13.1. The lowest BCUT2D eigenvalue weighted by molar-refractivity contribution is 0.102. The average molecular weight is 283 g/mol. The van der Waals surface area contributed by atoms with Gasteiger partial charge in [-0.3, -0.25) is 4.79 Å². The Balaban J connectivity index is 2.11. The van der Waals surface area contributed by atoms with Gasteiger partial charge in [-0.1, -0.05) is 24.0 Å². The number of benzene rings is 2. The summed E-state index contributed by atoms with van der Waals surface area (Å²) >= 11 is 0. The van der Waals surface area contributed by atoms with Crippen LogP contribution in [0, 0.1) is 17.7 Å². The molecule has 4 heteroatoms. The molecular weight excluding hydrogens is 269 g/mol. The summed E-state index contributed by atoms with van der Waals surface area (Å²) in [5.41, 5.74) is 1.58. The maximum absolute atomic E-state index is 13.1. The normalized spacial score (nSPS) is 9.62. The SMILES string of the molecule is O=C(Nc1cccc(C#CCCO)c1)c1cccc(F)c1. The van der Waals surface area contributed by atoms with E-state index in [0.29, 0.717) is 12.1 Å². The van der Waals surface area contributed by atoms with Gasteiger partial charge in [0.1, 0.15) is 5.82 Å². The number of halogens is 1. The Morgan fingerprint density at radius 3 is 2.76 bits per heavy atom. The van der Waals surface area contributed by atoms with Crippen molar-refractivity contribution in [2.24, 2.45) is 0 Å². The third-order valence-corrected chi connectivity index (χ3v) is 2.68. The number of hydrogen-bond donors (Lipinski definition) is 2. The van der Waals surface area contributed by atoms with Crippen LogP contribution in [0.5, 0.6) is 0 Å². The third kappa shape index (κ3) is 4.44. The minimum absolute atomic E-state index is 0.0169. The van der Waals surface area contributed by atoms with E-state index in [0.717, 1.165) is 5.56 Å². The number of aliphatic hydroxyl groups is 1. The molecule has 0 heterocycles. The fourth-order valence-corrected chi connectivity index (χ4v) is 1.73. The van der Waals surface area contributed by atoms with Gasteiger partial charge in [0.05, 0.1) is 6.61 Å². The Bertz CT molecular complexity index is 701. The molecule has 2 rings (SSSR count). The van der Waals surface area contributed by atoms with E-state index in [1.165, 1.54) is 18.2 Å². The van der Waals surface area contributed by atoms with E-state index in [4.69, 9.17) is 5.11 Å². The van der Waals surface area contributed by atoms with Crippen LogP contribution < -0.4 is 5.32 Å². The van der Waals surface area contributed by atoms with E-state index >= 15 is 0 Å². The van der Waals surface area contributed by atoms with Gasteiger partial charge in [0.25, 0.3) is 5.91 Å². The summed E-state index contributed by atoms with van der Waals surface area (Å²) in [7, 11) is 0. The molecule has 0 saturated carbocycles. The summed E-state index contributed by atoms with van der Waals surface area (Å²) in [6.07, 6.45) is 0.403. The second-order valence-corrected chi connectivity index (χ2v) is 4.32. The molecule has 21 heavy (non-hydrogen) atoms. The van der Waals surface area contributed by atoms with Gasteiger partial charge in [-0.2, -0.15) is 0 Å². The lowest BCUT2D eigenvalue weighted by Gasteiger charge is -2.05. The number of aliphatic hydroxyl groups excluding tert-OH is 1. The number of hydrogen-bond acceptors (Lipinski definition) is 2. The van der Waals surface area contributed by atoms with Crippen LogP contribution in [0.25, 0.3) is 0 Å². The fraction of sp³-hybridized carbons (Fsp3) is 0.118. The van der Waals surface area contributed by atoms with Gasteiger partial charge in [-0.15, -0.1) is 0 Å². The molecule has 106 valence electrons. The highest BCUT2D eigenvalue weighted by Gasteiger charge is 2.06. The Labute approximate surface area is 122 Å². The van der Waals surface area contributed by atoms with Crippen molar-refractivity contribution in [1.82, 2.24) is 0 Å². The molecule has 0 radical (unpaired) electrons. The van der Waals surface area contributed by atoms with Crippen LogP contribution >= 0.6 is 0 Å². The van der Waals surface area contributed by atoms with E-state index in [2.05, 4.69) is 17.2 Å². The number of carbonyl (C=O) groups excluding carboxylic acids is 1. The molecule has 0 aromatic heterocycles. The highest BCUT2D eigenvalue weighted by atomic mass is 19.1. The predicted octanol–water partition coefficient (Wildman–Crippen LogP) is 2.81. The highest BCUT2D eigenvalue weighted by molar-refractivity contribution is 6.04. The standard InChI is InChI=1S/C17H14FNO2/c18-15-8-4-7-14(12-15)17(21)19-16-9-3-6-13(11-16)5-1-2-10-20/h3-4,6-9,11-12,20H,2,10H2,(H,19,21). The molecule has 0 atom stereocenters. The van der Waals surface area contributed by atoms with Crippen molar-refractivity contribution in [3.05, 3.63) is 65.5 Å². The third-order valence-electron chi connectivity index (χ3n) is 2.68. The molecule has 0 aliphatic rings. The van der Waals surface area contributed by atoms with Crippen molar-refractivity contribution in [1.29, 1.82) is 0 Å². The van der Waals surface area contributed by atoms with Crippen molar-refractivity contribution < 1.29 is 14.3 Å². The molecular formula is C17H14FNO2. The van der Waals surface area contributed by atoms with Crippen molar-refractivity contribution in [3.63, 3.8) is 0 Å². The van der Waals surface area contributed by atoms with Crippen molar-refractivity contribution in [3.8, 4) is 11.8 Å². The van der Waals surface area contributed by atoms with Crippen LogP contribution in [0.3, 0.4) is 0 Å². The molecule has 0 unspecified atom stereocenters. The molecule has 2 aromatic carbocycles. The highest BCUT2D eigenvalue weighted by Crippen LogP contribution is 2.12. The van der Waals surface area contributed by atoms with Crippen LogP contribution in [0.2, 0.25) is 0 Å². The average Bonchev–Trinajstić information content (AvgIpc) is 2.48. The smallest absolute Gasteiger partial charge is 0.255 e. The second kappa shape index (κ2) is 7.22. The molecule has 1 amide bonds. The molecule has 3 nitrogen and oxygen atoms in total. The Kier molecular flexibility index (Phi) is 5.08. The topological polar surface area (TPSA) is 49.3 Å². The number of amides is 1. The number of nitrogens with one attached hydrogen (secondary N) is 1. The van der Waals surface area contributed by atoms with E-state index < -0.39 is 5.82 Å². The predicted molar refractivity (Wildman–Crippen MR) is 79.4 cm³/mol. The van der Waals surface area contributed by atoms with E-state index in [-0.39, 0.29) is 18.1 Å². The van der Waals surface area contributed by atoms with Gasteiger partial charge < -0.3 is 10.4 Å². The summed E-state index contributed by atoms with van der Waals surface area (Å²) in [6, 6.07) is 12.5. The minimum atomic E-state index is -0.453. The van der Waals surface area contributed by atoms with Gasteiger partial charge in [0, 0.05) is 23.2 Å². The van der Waals surface area contributed by atoms with Crippen molar-refractivity contribution >= 4 is 11.6 Å². The van der Waals surface area contributed by atoms with Crippen LogP contribution in [-0.2, 0) is 0 Å². The molecule has 0 saturated heterocycles. The monoisotopic (exact) mass is 283 g/mol. The van der Waals surface area contributed by atoms with Crippen LogP contribution in [0.1, 0.15) is 22.3 Å².